The lowest BCUT2D eigenvalue weighted by atomic mass is 9.63. The number of alkyl halides is 3. The molecule has 1 amide bonds. The number of piperidine rings is 1. The number of carbonyl (C=O) groups excluding carboxylic acids is 1. The summed E-state index contributed by atoms with van der Waals surface area (Å²) in [4.78, 5) is 15.5. The summed E-state index contributed by atoms with van der Waals surface area (Å²) in [5.74, 6) is 0.960. The number of carbonyl (C=O) groups is 1. The number of hydrogen-bond acceptors (Lipinski definition) is 2. The maximum atomic E-state index is 13.5. The van der Waals surface area contributed by atoms with E-state index in [1.54, 1.807) is 0 Å². The first kappa shape index (κ1) is 23.0. The second-order valence-electron chi connectivity index (χ2n) is 8.86. The summed E-state index contributed by atoms with van der Waals surface area (Å²) in [6.07, 6.45) is 1.17. The fourth-order valence-corrected chi connectivity index (χ4v) is 4.92. The molecule has 172 valence electrons. The first-order valence-electron chi connectivity index (χ1n) is 11.1. The number of halogens is 4. The molecular weight excluding hydrogens is 439 g/mol. The quantitative estimate of drug-likeness (QED) is 0.488. The van der Waals surface area contributed by atoms with Gasteiger partial charge in [-0.25, -0.2) is 0 Å². The van der Waals surface area contributed by atoms with Gasteiger partial charge in [-0.2, -0.15) is 13.2 Å². The highest BCUT2D eigenvalue weighted by Crippen LogP contribution is 2.46. The van der Waals surface area contributed by atoms with E-state index < -0.39 is 17.2 Å². The minimum Gasteiger partial charge on any atom is -0.494 e. The zero-order valence-electron chi connectivity index (χ0n) is 17.8. The van der Waals surface area contributed by atoms with Gasteiger partial charge in [0.1, 0.15) is 5.75 Å². The smallest absolute Gasteiger partial charge is 0.416 e. The minimum atomic E-state index is -4.35. The van der Waals surface area contributed by atoms with Crippen molar-refractivity contribution < 1.29 is 22.7 Å². The zero-order chi connectivity index (χ0) is 22.8. The van der Waals surface area contributed by atoms with E-state index >= 15 is 0 Å². The Bertz CT molecular complexity index is 924. The van der Waals surface area contributed by atoms with Crippen molar-refractivity contribution >= 4 is 17.5 Å². The Hall–Kier alpha value is -2.21. The van der Waals surface area contributed by atoms with Crippen molar-refractivity contribution in [2.24, 2.45) is 5.92 Å². The van der Waals surface area contributed by atoms with E-state index in [1.165, 1.54) is 12.1 Å². The molecule has 0 spiro atoms. The van der Waals surface area contributed by atoms with E-state index in [-0.39, 0.29) is 5.91 Å². The van der Waals surface area contributed by atoms with Crippen LogP contribution >= 0.6 is 11.6 Å². The van der Waals surface area contributed by atoms with E-state index in [4.69, 9.17) is 16.3 Å². The fraction of sp³-hybridized carbons (Fsp3) is 0.480. The monoisotopic (exact) mass is 465 g/mol. The molecule has 1 heterocycles. The molecule has 32 heavy (non-hydrogen) atoms. The third kappa shape index (κ3) is 4.90. The van der Waals surface area contributed by atoms with Crippen molar-refractivity contribution in [1.82, 2.24) is 4.90 Å². The van der Waals surface area contributed by atoms with Crippen molar-refractivity contribution in [3.8, 4) is 5.75 Å². The molecule has 1 saturated carbocycles. The van der Waals surface area contributed by atoms with Gasteiger partial charge < -0.3 is 9.64 Å². The third-order valence-corrected chi connectivity index (χ3v) is 7.05. The van der Waals surface area contributed by atoms with Crippen LogP contribution in [0.5, 0.6) is 5.75 Å². The van der Waals surface area contributed by atoms with E-state index in [0.717, 1.165) is 62.8 Å². The first-order valence-corrected chi connectivity index (χ1v) is 11.5. The van der Waals surface area contributed by atoms with E-state index in [2.05, 4.69) is 0 Å². The standard InChI is InChI=1S/C25H27ClF3NO2/c26-21-8-4-19(5-9-21)24(13-2-14-24)23(31)30-15-1-3-18(17-30)12-16-32-22-10-6-20(7-11-22)25(27,28)29/h4-11,18H,1-3,12-17H2/t18-/m1/s1. The molecule has 2 aliphatic rings. The van der Waals surface area contributed by atoms with Gasteiger partial charge in [-0.1, -0.05) is 30.2 Å². The van der Waals surface area contributed by atoms with Gasteiger partial charge in [0.05, 0.1) is 17.6 Å². The number of amides is 1. The fourth-order valence-electron chi connectivity index (χ4n) is 4.80. The highest BCUT2D eigenvalue weighted by atomic mass is 35.5. The van der Waals surface area contributed by atoms with Crippen LogP contribution in [0, 0.1) is 5.92 Å². The Kier molecular flexibility index (Phi) is 6.70. The van der Waals surface area contributed by atoms with E-state index in [9.17, 15) is 18.0 Å². The van der Waals surface area contributed by atoms with Crippen LogP contribution in [0.25, 0.3) is 0 Å². The van der Waals surface area contributed by atoms with Crippen molar-refractivity contribution in [3.05, 3.63) is 64.7 Å². The van der Waals surface area contributed by atoms with Gasteiger partial charge in [-0.15, -0.1) is 0 Å². The number of likely N-dealkylation sites (tertiary alicyclic amines) is 1. The zero-order valence-corrected chi connectivity index (χ0v) is 18.6. The molecule has 0 radical (unpaired) electrons. The summed E-state index contributed by atoms with van der Waals surface area (Å²) in [6.45, 7) is 1.88. The number of ether oxygens (including phenoxy) is 1. The van der Waals surface area contributed by atoms with Crippen LogP contribution in [0.1, 0.15) is 49.7 Å². The number of rotatable bonds is 6. The number of hydrogen-bond donors (Lipinski definition) is 0. The SMILES string of the molecule is O=C(N1CCC[C@H](CCOc2ccc(C(F)(F)F)cc2)C1)C1(c2ccc(Cl)cc2)CCC1. The van der Waals surface area contributed by atoms with Crippen molar-refractivity contribution in [2.75, 3.05) is 19.7 Å². The molecule has 2 aromatic rings. The van der Waals surface area contributed by atoms with Gasteiger partial charge in [-0.05, 0) is 80.0 Å². The van der Waals surface area contributed by atoms with Crippen LogP contribution in [0.4, 0.5) is 13.2 Å². The van der Waals surface area contributed by atoms with Crippen LogP contribution in [-0.2, 0) is 16.4 Å². The molecule has 1 aliphatic carbocycles. The largest absolute Gasteiger partial charge is 0.494 e. The van der Waals surface area contributed by atoms with Gasteiger partial charge in [-0.3, -0.25) is 4.79 Å². The summed E-state index contributed by atoms with van der Waals surface area (Å²) in [7, 11) is 0. The maximum absolute atomic E-state index is 13.5. The molecule has 2 fully saturated rings. The van der Waals surface area contributed by atoms with Crippen LogP contribution in [-0.4, -0.2) is 30.5 Å². The first-order chi connectivity index (χ1) is 15.3. The molecule has 1 saturated heterocycles. The maximum Gasteiger partial charge on any atom is 0.416 e. The molecule has 1 aliphatic heterocycles. The Balaban J connectivity index is 1.32. The van der Waals surface area contributed by atoms with Crippen LogP contribution in [0.3, 0.4) is 0 Å². The molecule has 3 nitrogen and oxygen atoms in total. The predicted molar refractivity (Wildman–Crippen MR) is 118 cm³/mol. The molecule has 0 bridgehead atoms. The molecule has 0 unspecified atom stereocenters. The summed E-state index contributed by atoms with van der Waals surface area (Å²) in [5.41, 5.74) is -0.0637. The Morgan fingerprint density at radius 3 is 2.34 bits per heavy atom. The van der Waals surface area contributed by atoms with Crippen LogP contribution < -0.4 is 4.74 Å². The van der Waals surface area contributed by atoms with Crippen molar-refractivity contribution in [3.63, 3.8) is 0 Å². The predicted octanol–water partition coefficient (Wildman–Crippen LogP) is 6.49. The lowest BCUT2D eigenvalue weighted by Crippen LogP contribution is -2.53. The molecular formula is C25H27ClF3NO2. The summed E-state index contributed by atoms with van der Waals surface area (Å²) in [6, 6.07) is 12.4. The van der Waals surface area contributed by atoms with Gasteiger partial charge in [0.15, 0.2) is 0 Å². The van der Waals surface area contributed by atoms with Crippen molar-refractivity contribution in [2.45, 2.75) is 50.1 Å². The van der Waals surface area contributed by atoms with E-state index in [1.807, 2.05) is 29.2 Å². The molecule has 4 rings (SSSR count). The second kappa shape index (κ2) is 9.34. The lowest BCUT2D eigenvalue weighted by molar-refractivity contribution is -0.143. The number of nitrogens with zero attached hydrogens (tertiary/aromatic N) is 1. The molecule has 2 aromatic carbocycles. The summed E-state index contributed by atoms with van der Waals surface area (Å²) >= 11 is 6.03. The minimum absolute atomic E-state index is 0.208. The van der Waals surface area contributed by atoms with Gasteiger partial charge in [0.2, 0.25) is 5.91 Å². The van der Waals surface area contributed by atoms with Crippen LogP contribution in [0.15, 0.2) is 48.5 Å². The average Bonchev–Trinajstić information content (AvgIpc) is 2.74. The van der Waals surface area contributed by atoms with E-state index in [0.29, 0.717) is 29.8 Å². The van der Waals surface area contributed by atoms with Crippen LogP contribution in [0.2, 0.25) is 5.02 Å². The second-order valence-corrected chi connectivity index (χ2v) is 9.30. The highest BCUT2D eigenvalue weighted by molar-refractivity contribution is 6.30. The Labute approximate surface area is 191 Å². The Morgan fingerprint density at radius 1 is 1.06 bits per heavy atom. The normalized spacial score (nSPS) is 20.5. The number of benzene rings is 2. The molecule has 1 atom stereocenters. The lowest BCUT2D eigenvalue weighted by Gasteiger charge is -2.46. The topological polar surface area (TPSA) is 29.5 Å². The molecule has 0 N–H and O–H groups in total. The molecule has 7 heteroatoms. The van der Waals surface area contributed by atoms with Gasteiger partial charge in [0.25, 0.3) is 0 Å². The highest BCUT2D eigenvalue weighted by Gasteiger charge is 2.48. The van der Waals surface area contributed by atoms with Gasteiger partial charge in [0, 0.05) is 18.1 Å². The average molecular weight is 466 g/mol. The Morgan fingerprint density at radius 2 is 1.75 bits per heavy atom. The summed E-state index contributed by atoms with van der Waals surface area (Å²) < 4.78 is 43.7. The van der Waals surface area contributed by atoms with Crippen molar-refractivity contribution in [1.29, 1.82) is 0 Å². The van der Waals surface area contributed by atoms with Gasteiger partial charge >= 0.3 is 6.18 Å². The third-order valence-electron chi connectivity index (χ3n) is 6.80. The summed E-state index contributed by atoms with van der Waals surface area (Å²) in [5, 5.41) is 0.668. The molecule has 0 aromatic heterocycles.